The van der Waals surface area contributed by atoms with E-state index in [0.29, 0.717) is 0 Å². The smallest absolute Gasteiger partial charge is 0.414 e. The minimum Gasteiger partial charge on any atom is -0.480 e. The Labute approximate surface area is 256 Å². The van der Waals surface area contributed by atoms with Crippen LogP contribution in [0.1, 0.15) is 65.0 Å². The number of carboxylic acid groups (broad SMARTS) is 1. The predicted molar refractivity (Wildman–Crippen MR) is 162 cm³/mol. The number of amides is 3. The van der Waals surface area contributed by atoms with Crippen LogP contribution in [0.4, 0.5) is 14.4 Å². The van der Waals surface area contributed by atoms with E-state index in [2.05, 4.69) is 15.6 Å². The van der Waals surface area contributed by atoms with Gasteiger partial charge in [-0.05, 0) is 76.1 Å². The van der Waals surface area contributed by atoms with Gasteiger partial charge in [-0.15, -0.1) is 0 Å². The van der Waals surface area contributed by atoms with Gasteiger partial charge in [0, 0.05) is 19.0 Å². The summed E-state index contributed by atoms with van der Waals surface area (Å²) in [6.07, 6.45) is -2.32. The maximum atomic E-state index is 13.2. The molecule has 0 radical (unpaired) electrons. The fourth-order valence-electron chi connectivity index (χ4n) is 5.30. The number of carboxylic acids is 1. The van der Waals surface area contributed by atoms with Crippen LogP contribution >= 0.6 is 0 Å². The molecule has 2 atom stereocenters. The first-order valence-corrected chi connectivity index (χ1v) is 14.5. The molecule has 3 amide bonds. The quantitative estimate of drug-likeness (QED) is 0.240. The molecule has 1 aliphatic carbocycles. The highest BCUT2D eigenvalue weighted by Gasteiger charge is 2.41. The van der Waals surface area contributed by atoms with Gasteiger partial charge < -0.3 is 19.3 Å². The number of aliphatic carboxylic acids is 1. The monoisotopic (exact) mass is 608 g/mol. The third-order valence-electron chi connectivity index (χ3n) is 6.99. The Bertz CT molecular complexity index is 1360. The minimum absolute atomic E-state index is 0.00212. The van der Waals surface area contributed by atoms with Crippen LogP contribution in [0.2, 0.25) is 0 Å². The summed E-state index contributed by atoms with van der Waals surface area (Å²) in [4.78, 5) is 55.6. The molecule has 0 bridgehead atoms. The van der Waals surface area contributed by atoms with Crippen molar-refractivity contribution in [3.8, 4) is 11.1 Å². The van der Waals surface area contributed by atoms with Gasteiger partial charge in [-0.3, -0.25) is 20.5 Å². The number of alkyl carbamates (subject to hydrolysis) is 2. The molecule has 12 heteroatoms. The molecule has 1 saturated heterocycles. The summed E-state index contributed by atoms with van der Waals surface area (Å²) >= 11 is 0. The molecular formula is C32H40N4O8. The van der Waals surface area contributed by atoms with Crippen molar-refractivity contribution in [2.75, 3.05) is 19.7 Å². The van der Waals surface area contributed by atoms with E-state index in [1.165, 1.54) is 4.90 Å². The SMILES string of the molecule is CC(C)(C)OC(=O)NC(=NC[C@H]1C[C@@H](C(=O)O)N(C(=O)OCC2c3ccccc3-c3ccccc32)C1)NC(=O)OC(C)(C)C. The molecule has 12 nitrogen and oxygen atoms in total. The molecule has 0 saturated carbocycles. The molecule has 1 aliphatic heterocycles. The number of guanidine groups is 1. The molecular weight excluding hydrogens is 568 g/mol. The van der Waals surface area contributed by atoms with Crippen molar-refractivity contribution >= 4 is 30.2 Å². The fraction of sp³-hybridized carbons (Fsp3) is 0.469. The summed E-state index contributed by atoms with van der Waals surface area (Å²) in [6, 6.07) is 14.8. The number of hydrogen-bond donors (Lipinski definition) is 3. The van der Waals surface area contributed by atoms with Crippen molar-refractivity contribution in [1.29, 1.82) is 0 Å². The average molecular weight is 609 g/mol. The zero-order valence-corrected chi connectivity index (χ0v) is 25.9. The van der Waals surface area contributed by atoms with Gasteiger partial charge in [0.15, 0.2) is 0 Å². The molecule has 2 aliphatic rings. The highest BCUT2D eigenvalue weighted by Crippen LogP contribution is 2.44. The van der Waals surface area contributed by atoms with Crippen molar-refractivity contribution in [2.45, 2.75) is 71.1 Å². The number of nitrogens with zero attached hydrogens (tertiary/aromatic N) is 2. The number of carbonyl (C=O) groups is 4. The Hall–Kier alpha value is -4.61. The molecule has 1 fully saturated rings. The van der Waals surface area contributed by atoms with E-state index in [0.717, 1.165) is 22.3 Å². The number of benzene rings is 2. The second kappa shape index (κ2) is 12.9. The van der Waals surface area contributed by atoms with Crippen molar-refractivity contribution < 1.29 is 38.5 Å². The van der Waals surface area contributed by atoms with Crippen molar-refractivity contribution in [2.24, 2.45) is 10.9 Å². The highest BCUT2D eigenvalue weighted by atomic mass is 16.6. The van der Waals surface area contributed by atoms with E-state index in [-0.39, 0.29) is 38.0 Å². The Kier molecular flexibility index (Phi) is 9.50. The van der Waals surface area contributed by atoms with Crippen LogP contribution in [-0.2, 0) is 19.0 Å². The molecule has 1 heterocycles. The molecule has 2 aromatic rings. The van der Waals surface area contributed by atoms with Crippen molar-refractivity contribution in [3.05, 3.63) is 59.7 Å². The predicted octanol–water partition coefficient (Wildman–Crippen LogP) is 5.12. The lowest BCUT2D eigenvalue weighted by Gasteiger charge is -2.23. The molecule has 4 rings (SSSR count). The number of aliphatic imine (C=N–C) groups is 1. The molecule has 0 aromatic heterocycles. The Morgan fingerprint density at radius 3 is 1.84 bits per heavy atom. The fourth-order valence-corrected chi connectivity index (χ4v) is 5.30. The van der Waals surface area contributed by atoms with E-state index in [9.17, 15) is 24.3 Å². The Balaban J connectivity index is 1.44. The van der Waals surface area contributed by atoms with Crippen LogP contribution in [0.3, 0.4) is 0 Å². The summed E-state index contributed by atoms with van der Waals surface area (Å²) in [5.74, 6) is -1.95. The van der Waals surface area contributed by atoms with Gasteiger partial charge in [0.2, 0.25) is 5.96 Å². The number of ether oxygens (including phenoxy) is 3. The van der Waals surface area contributed by atoms with E-state index >= 15 is 0 Å². The lowest BCUT2D eigenvalue weighted by atomic mass is 9.98. The standard InChI is InChI=1S/C32H40N4O8/c1-31(2,3)43-28(39)34-27(35-29(40)44-32(4,5)6)33-16-19-15-25(26(37)38)36(17-19)30(41)42-18-24-22-13-9-7-11-20(22)21-12-8-10-14-23(21)24/h7-14,19,24-25H,15-18H2,1-6H3,(H,37,38)(H2,33,34,35,39,40)/t19-,25+/m1/s1. The maximum Gasteiger partial charge on any atom is 0.414 e. The summed E-state index contributed by atoms with van der Waals surface area (Å²) in [5, 5.41) is 14.7. The average Bonchev–Trinajstić information content (AvgIpc) is 3.48. The number of likely N-dealkylation sites (tertiary alicyclic amines) is 1. The number of nitrogens with one attached hydrogen (secondary N) is 2. The molecule has 236 valence electrons. The van der Waals surface area contributed by atoms with Gasteiger partial charge in [0.25, 0.3) is 0 Å². The third-order valence-corrected chi connectivity index (χ3v) is 6.99. The molecule has 0 unspecified atom stereocenters. The highest BCUT2D eigenvalue weighted by molar-refractivity contribution is 6.01. The van der Waals surface area contributed by atoms with E-state index in [4.69, 9.17) is 14.2 Å². The van der Waals surface area contributed by atoms with Crippen LogP contribution in [0, 0.1) is 5.92 Å². The molecule has 44 heavy (non-hydrogen) atoms. The van der Waals surface area contributed by atoms with Crippen LogP contribution in [-0.4, -0.2) is 77.2 Å². The zero-order valence-electron chi connectivity index (χ0n) is 25.9. The second-order valence-corrected chi connectivity index (χ2v) is 12.9. The largest absolute Gasteiger partial charge is 0.480 e. The van der Waals surface area contributed by atoms with Gasteiger partial charge in [-0.1, -0.05) is 48.5 Å². The number of hydrogen-bond acceptors (Lipinski definition) is 8. The third kappa shape index (κ3) is 8.27. The first-order chi connectivity index (χ1) is 20.6. The maximum absolute atomic E-state index is 13.2. The van der Waals surface area contributed by atoms with Crippen LogP contribution in [0.5, 0.6) is 0 Å². The second-order valence-electron chi connectivity index (χ2n) is 12.9. The van der Waals surface area contributed by atoms with Gasteiger partial charge >= 0.3 is 24.2 Å². The first kappa shape index (κ1) is 32.3. The topological polar surface area (TPSA) is 156 Å². The summed E-state index contributed by atoms with van der Waals surface area (Å²) in [7, 11) is 0. The normalized spacial score (nSPS) is 17.6. The molecule has 2 aromatic carbocycles. The summed E-state index contributed by atoms with van der Waals surface area (Å²) < 4.78 is 16.2. The van der Waals surface area contributed by atoms with Gasteiger partial charge in [-0.2, -0.15) is 0 Å². The lowest BCUT2D eigenvalue weighted by Crippen LogP contribution is -2.47. The van der Waals surface area contributed by atoms with E-state index < -0.39 is 47.4 Å². The van der Waals surface area contributed by atoms with Gasteiger partial charge in [0.1, 0.15) is 23.9 Å². The van der Waals surface area contributed by atoms with E-state index in [1.54, 1.807) is 41.5 Å². The Morgan fingerprint density at radius 1 is 0.864 bits per heavy atom. The zero-order chi connectivity index (χ0) is 32.2. The van der Waals surface area contributed by atoms with Crippen molar-refractivity contribution in [3.63, 3.8) is 0 Å². The van der Waals surface area contributed by atoms with E-state index in [1.807, 2.05) is 48.5 Å². The Morgan fingerprint density at radius 2 is 1.36 bits per heavy atom. The van der Waals surface area contributed by atoms with Gasteiger partial charge in [-0.25, -0.2) is 19.2 Å². The van der Waals surface area contributed by atoms with Gasteiger partial charge in [0.05, 0.1) is 0 Å². The van der Waals surface area contributed by atoms with Crippen molar-refractivity contribution in [1.82, 2.24) is 15.5 Å². The minimum atomic E-state index is -1.16. The summed E-state index contributed by atoms with van der Waals surface area (Å²) in [6.45, 7) is 10.2. The molecule has 3 N–H and O–H groups in total. The first-order valence-electron chi connectivity index (χ1n) is 14.5. The number of fused-ring (bicyclic) bond motifs is 3. The summed E-state index contributed by atoms with van der Waals surface area (Å²) in [5.41, 5.74) is 2.67. The van der Waals surface area contributed by atoms with Crippen LogP contribution < -0.4 is 10.6 Å². The van der Waals surface area contributed by atoms with Crippen LogP contribution in [0.25, 0.3) is 11.1 Å². The number of carbonyl (C=O) groups excluding carboxylic acids is 3. The molecule has 0 spiro atoms. The lowest BCUT2D eigenvalue weighted by molar-refractivity contribution is -0.141. The number of rotatable bonds is 5. The van der Waals surface area contributed by atoms with Crippen LogP contribution in [0.15, 0.2) is 53.5 Å².